The molecule has 0 aliphatic carbocycles. The number of benzene rings is 2. The van der Waals surface area contributed by atoms with Crippen LogP contribution < -0.4 is 4.80 Å². The number of halogens is 1. The van der Waals surface area contributed by atoms with Crippen LogP contribution in [0.5, 0.6) is 0 Å². The van der Waals surface area contributed by atoms with Gasteiger partial charge in [-0.1, -0.05) is 24.3 Å². The summed E-state index contributed by atoms with van der Waals surface area (Å²) < 4.78 is 49.2. The number of hydrogen-bond acceptors (Lipinski definition) is 5. The number of nitrogens with zero attached hydrogens (tertiary/aromatic N) is 2. The first kappa shape index (κ1) is 19.2. The van der Waals surface area contributed by atoms with E-state index in [2.05, 4.69) is 4.40 Å². The van der Waals surface area contributed by atoms with Gasteiger partial charge in [0.2, 0.25) is 4.80 Å². The second-order valence-electron chi connectivity index (χ2n) is 5.72. The van der Waals surface area contributed by atoms with Crippen LogP contribution in [0.25, 0.3) is 10.2 Å². The molecule has 0 bridgehead atoms. The van der Waals surface area contributed by atoms with Crippen molar-refractivity contribution >= 4 is 37.5 Å². The number of aryl methyl sites for hydroxylation is 1. The Kier molecular flexibility index (Phi) is 5.43. The lowest BCUT2D eigenvalue weighted by Gasteiger charge is -2.04. The van der Waals surface area contributed by atoms with Gasteiger partial charge in [0.15, 0.2) is 0 Å². The molecule has 0 atom stereocenters. The Bertz CT molecular complexity index is 1160. The summed E-state index contributed by atoms with van der Waals surface area (Å²) in [4.78, 5) is 11.8. The molecule has 6 nitrogen and oxygen atoms in total. The van der Waals surface area contributed by atoms with Gasteiger partial charge in [-0.05, 0) is 48.4 Å². The molecule has 0 aliphatic heterocycles. The van der Waals surface area contributed by atoms with Crippen molar-refractivity contribution in [3.8, 4) is 0 Å². The maximum absolute atomic E-state index is 13.1. The minimum absolute atomic E-state index is 0.125. The van der Waals surface area contributed by atoms with E-state index in [1.165, 1.54) is 23.0 Å². The Balaban J connectivity index is 2.21. The number of carbonyl (C=O) groups excluding carboxylic acids is 1. The largest absolute Gasteiger partial charge is 0.468 e. The summed E-state index contributed by atoms with van der Waals surface area (Å²) in [6.45, 7) is 1.85. The fourth-order valence-electron chi connectivity index (χ4n) is 2.52. The summed E-state index contributed by atoms with van der Waals surface area (Å²) in [6, 6.07) is 10.1. The highest BCUT2D eigenvalue weighted by Gasteiger charge is 2.16. The maximum Gasteiger partial charge on any atom is 0.325 e. The molecule has 142 valence electrons. The van der Waals surface area contributed by atoms with Gasteiger partial charge in [-0.2, -0.15) is 8.42 Å². The quantitative estimate of drug-likeness (QED) is 0.608. The highest BCUT2D eigenvalue weighted by Crippen LogP contribution is 2.21. The standard InChI is InChI=1S/C18H17FN2O4S2/c1-3-12-4-9-15-16(10-12)26-18(21(15)11-17(22)25-2)20-27(23,24)14-7-5-13(19)6-8-14/h4-10H,3,11H2,1-2H3. The lowest BCUT2D eigenvalue weighted by atomic mass is 10.2. The summed E-state index contributed by atoms with van der Waals surface area (Å²) in [5.74, 6) is -1.06. The molecule has 0 saturated heterocycles. The summed E-state index contributed by atoms with van der Waals surface area (Å²) in [6.07, 6.45) is 0.825. The zero-order valence-corrected chi connectivity index (χ0v) is 16.3. The zero-order chi connectivity index (χ0) is 19.6. The highest BCUT2D eigenvalue weighted by atomic mass is 32.2. The molecule has 0 radical (unpaired) electrons. The first-order valence-electron chi connectivity index (χ1n) is 8.09. The molecule has 0 fully saturated rings. The molecule has 3 rings (SSSR count). The predicted octanol–water partition coefficient (Wildman–Crippen LogP) is 2.87. The van der Waals surface area contributed by atoms with Crippen LogP contribution in [-0.4, -0.2) is 26.1 Å². The molecule has 0 saturated carbocycles. The summed E-state index contributed by atoms with van der Waals surface area (Å²) in [7, 11) is -2.80. The van der Waals surface area contributed by atoms with Crippen LogP contribution in [-0.2, 0) is 32.5 Å². The van der Waals surface area contributed by atoms with Crippen LogP contribution in [0.2, 0.25) is 0 Å². The first-order chi connectivity index (χ1) is 12.8. The van der Waals surface area contributed by atoms with E-state index in [1.54, 1.807) is 0 Å². The van der Waals surface area contributed by atoms with Gasteiger partial charge >= 0.3 is 5.97 Å². The molecule has 9 heteroatoms. The van der Waals surface area contributed by atoms with E-state index in [9.17, 15) is 17.6 Å². The molecular formula is C18H17FN2O4S2. The molecule has 0 amide bonds. The van der Waals surface area contributed by atoms with Crippen LogP contribution >= 0.6 is 11.3 Å². The monoisotopic (exact) mass is 408 g/mol. The minimum atomic E-state index is -4.06. The third kappa shape index (κ3) is 4.09. The topological polar surface area (TPSA) is 77.7 Å². The first-order valence-corrected chi connectivity index (χ1v) is 10.4. The molecule has 3 aromatic rings. The van der Waals surface area contributed by atoms with Gasteiger partial charge in [0.05, 0.1) is 22.2 Å². The highest BCUT2D eigenvalue weighted by molar-refractivity contribution is 7.90. The number of ether oxygens (including phenoxy) is 1. The van der Waals surface area contributed by atoms with Gasteiger partial charge in [-0.15, -0.1) is 4.40 Å². The average molecular weight is 408 g/mol. The fraction of sp³-hybridized carbons (Fsp3) is 0.222. The van der Waals surface area contributed by atoms with E-state index in [0.717, 1.165) is 40.9 Å². The number of hydrogen-bond donors (Lipinski definition) is 0. The predicted molar refractivity (Wildman–Crippen MR) is 100 cm³/mol. The second-order valence-corrected chi connectivity index (χ2v) is 8.34. The van der Waals surface area contributed by atoms with E-state index in [1.807, 2.05) is 25.1 Å². The minimum Gasteiger partial charge on any atom is -0.468 e. The van der Waals surface area contributed by atoms with Gasteiger partial charge < -0.3 is 9.30 Å². The van der Waals surface area contributed by atoms with Crippen molar-refractivity contribution < 1.29 is 22.3 Å². The lowest BCUT2D eigenvalue weighted by molar-refractivity contribution is -0.141. The Morgan fingerprint density at radius 3 is 2.56 bits per heavy atom. The summed E-state index contributed by atoms with van der Waals surface area (Å²) in [5.41, 5.74) is 1.78. The number of sulfonamides is 1. The summed E-state index contributed by atoms with van der Waals surface area (Å²) in [5, 5.41) is 0. The van der Waals surface area contributed by atoms with Crippen molar-refractivity contribution in [1.82, 2.24) is 4.57 Å². The smallest absolute Gasteiger partial charge is 0.325 e. The van der Waals surface area contributed by atoms with Crippen molar-refractivity contribution in [2.45, 2.75) is 24.8 Å². The molecule has 27 heavy (non-hydrogen) atoms. The molecule has 1 aromatic heterocycles. The van der Waals surface area contributed by atoms with Crippen molar-refractivity contribution in [1.29, 1.82) is 0 Å². The Hall–Kier alpha value is -2.52. The Labute approximate surface area is 159 Å². The van der Waals surface area contributed by atoms with Gasteiger partial charge in [0, 0.05) is 0 Å². The third-order valence-electron chi connectivity index (χ3n) is 3.98. The SMILES string of the molecule is CCc1ccc2c(c1)sc(=NS(=O)(=O)c1ccc(F)cc1)n2CC(=O)OC. The van der Waals surface area contributed by atoms with Crippen molar-refractivity contribution in [2.75, 3.05) is 7.11 Å². The van der Waals surface area contributed by atoms with Crippen LogP contribution in [0.3, 0.4) is 0 Å². The van der Waals surface area contributed by atoms with Gasteiger partial charge in [0.1, 0.15) is 12.4 Å². The van der Waals surface area contributed by atoms with E-state index in [-0.39, 0.29) is 16.2 Å². The summed E-state index contributed by atoms with van der Waals surface area (Å²) >= 11 is 1.17. The van der Waals surface area contributed by atoms with Gasteiger partial charge in [0.25, 0.3) is 10.0 Å². The second kappa shape index (κ2) is 7.61. The number of rotatable bonds is 5. The Morgan fingerprint density at radius 2 is 1.93 bits per heavy atom. The van der Waals surface area contributed by atoms with Crippen LogP contribution in [0.4, 0.5) is 4.39 Å². The fourth-order valence-corrected chi connectivity index (χ4v) is 4.81. The maximum atomic E-state index is 13.1. The molecule has 1 heterocycles. The number of carbonyl (C=O) groups is 1. The van der Waals surface area contributed by atoms with E-state index in [0.29, 0.717) is 5.52 Å². The normalized spacial score (nSPS) is 12.5. The number of esters is 1. The molecular weight excluding hydrogens is 391 g/mol. The van der Waals surface area contributed by atoms with Gasteiger partial charge in [-0.3, -0.25) is 4.79 Å². The van der Waals surface area contributed by atoms with Crippen LogP contribution in [0.1, 0.15) is 12.5 Å². The van der Waals surface area contributed by atoms with Crippen molar-refractivity contribution in [3.05, 3.63) is 58.6 Å². The number of methoxy groups -OCH3 is 1. The Morgan fingerprint density at radius 1 is 1.22 bits per heavy atom. The molecule has 0 spiro atoms. The molecule has 2 aromatic carbocycles. The molecule has 0 N–H and O–H groups in total. The van der Waals surface area contributed by atoms with Gasteiger partial charge in [-0.25, -0.2) is 4.39 Å². The molecule has 0 aliphatic rings. The number of thiazole rings is 1. The van der Waals surface area contributed by atoms with Crippen LogP contribution in [0.15, 0.2) is 51.8 Å². The van der Waals surface area contributed by atoms with Crippen molar-refractivity contribution in [3.63, 3.8) is 0 Å². The third-order valence-corrected chi connectivity index (χ3v) is 6.42. The van der Waals surface area contributed by atoms with E-state index < -0.39 is 21.8 Å². The van der Waals surface area contributed by atoms with E-state index in [4.69, 9.17) is 4.74 Å². The van der Waals surface area contributed by atoms with Crippen LogP contribution in [0, 0.1) is 5.82 Å². The average Bonchev–Trinajstić information content (AvgIpc) is 2.97. The zero-order valence-electron chi connectivity index (χ0n) is 14.7. The number of aromatic nitrogens is 1. The van der Waals surface area contributed by atoms with E-state index >= 15 is 0 Å². The molecule has 0 unspecified atom stereocenters. The number of fused-ring (bicyclic) bond motifs is 1. The van der Waals surface area contributed by atoms with Crippen molar-refractivity contribution in [2.24, 2.45) is 4.40 Å². The lowest BCUT2D eigenvalue weighted by Crippen LogP contribution is -2.22.